The Balaban J connectivity index is 1.29. The van der Waals surface area contributed by atoms with E-state index in [1.165, 1.54) is 98.4 Å². The molecule has 272 valence electrons. The van der Waals surface area contributed by atoms with Crippen molar-refractivity contribution in [2.24, 2.45) is 0 Å². The first-order chi connectivity index (χ1) is 28.7. The second-order valence-electron chi connectivity index (χ2n) is 14.9. The van der Waals surface area contributed by atoms with Crippen LogP contribution in [0.4, 0.5) is 0 Å². The van der Waals surface area contributed by atoms with Crippen LogP contribution in [0.3, 0.4) is 0 Å². The Bertz CT molecular complexity index is 2780. The van der Waals surface area contributed by atoms with Crippen LogP contribution in [0.15, 0.2) is 194 Å². The van der Waals surface area contributed by atoms with Gasteiger partial charge in [-0.15, -0.1) is 0 Å². The average Bonchev–Trinajstić information content (AvgIpc) is 3.29. The SMILES string of the molecule is C(=Cc1ccc2c3ccc(C=Cc4ccccc4)cc3c3c4cc(C=Cc5ccccc5)ccc4c4ccc(C=Cc5ccccc5)cc4c3c2c1)c1ccccc1. The highest BCUT2D eigenvalue weighted by molar-refractivity contribution is 6.40. The van der Waals surface area contributed by atoms with Crippen LogP contribution in [0.2, 0.25) is 0 Å². The van der Waals surface area contributed by atoms with E-state index in [1.807, 2.05) is 0 Å². The molecule has 0 unspecified atom stereocenters. The highest BCUT2D eigenvalue weighted by Crippen LogP contribution is 2.45. The van der Waals surface area contributed by atoms with Crippen molar-refractivity contribution in [3.05, 3.63) is 239 Å². The Morgan fingerprint density at radius 3 is 0.603 bits per heavy atom. The maximum Gasteiger partial charge on any atom is -0.00134 e. The van der Waals surface area contributed by atoms with E-state index in [0.717, 1.165) is 0 Å². The smallest absolute Gasteiger partial charge is 0.00134 e. The van der Waals surface area contributed by atoms with Gasteiger partial charge >= 0.3 is 0 Å². The van der Waals surface area contributed by atoms with Crippen LogP contribution in [0, 0.1) is 0 Å². The van der Waals surface area contributed by atoms with Gasteiger partial charge in [-0.05, 0) is 123 Å². The summed E-state index contributed by atoms with van der Waals surface area (Å²) in [4.78, 5) is 0. The Labute approximate surface area is 339 Å². The molecule has 0 heterocycles. The highest BCUT2D eigenvalue weighted by Gasteiger charge is 2.17. The van der Waals surface area contributed by atoms with Gasteiger partial charge in [0.15, 0.2) is 0 Å². The summed E-state index contributed by atoms with van der Waals surface area (Å²) >= 11 is 0. The van der Waals surface area contributed by atoms with Gasteiger partial charge < -0.3 is 0 Å². The van der Waals surface area contributed by atoms with E-state index in [0.29, 0.717) is 0 Å². The van der Waals surface area contributed by atoms with Gasteiger partial charge in [-0.1, -0.05) is 218 Å². The Morgan fingerprint density at radius 2 is 0.379 bits per heavy atom. The molecular formula is C58H40. The van der Waals surface area contributed by atoms with Crippen molar-refractivity contribution in [3.63, 3.8) is 0 Å². The Hall–Kier alpha value is -7.54. The molecule has 0 aliphatic heterocycles. The van der Waals surface area contributed by atoms with Crippen LogP contribution in [-0.2, 0) is 0 Å². The van der Waals surface area contributed by atoms with Crippen molar-refractivity contribution in [2.45, 2.75) is 0 Å². The van der Waals surface area contributed by atoms with E-state index in [2.05, 4.69) is 243 Å². The molecule has 0 spiro atoms. The minimum Gasteiger partial charge on any atom is -0.0622 e. The average molecular weight is 737 g/mol. The number of hydrogen-bond acceptors (Lipinski definition) is 0. The van der Waals surface area contributed by atoms with Gasteiger partial charge in [-0.25, -0.2) is 0 Å². The van der Waals surface area contributed by atoms with Gasteiger partial charge in [0.2, 0.25) is 0 Å². The summed E-state index contributed by atoms with van der Waals surface area (Å²) < 4.78 is 0. The molecule has 0 bridgehead atoms. The molecule has 0 radical (unpaired) electrons. The molecule has 10 aromatic rings. The number of hydrogen-bond donors (Lipinski definition) is 0. The van der Waals surface area contributed by atoms with Crippen molar-refractivity contribution in [1.82, 2.24) is 0 Å². The third-order valence-corrected chi connectivity index (χ3v) is 11.2. The monoisotopic (exact) mass is 736 g/mol. The second-order valence-corrected chi connectivity index (χ2v) is 14.9. The summed E-state index contributed by atoms with van der Waals surface area (Å²) in [5.74, 6) is 0. The zero-order valence-electron chi connectivity index (χ0n) is 32.1. The summed E-state index contributed by atoms with van der Waals surface area (Å²) in [5.41, 5.74) is 9.43. The quantitative estimate of drug-likeness (QED) is 0.108. The molecular weight excluding hydrogens is 697 g/mol. The van der Waals surface area contributed by atoms with Crippen molar-refractivity contribution in [2.75, 3.05) is 0 Å². The van der Waals surface area contributed by atoms with Crippen molar-refractivity contribution >= 4 is 102 Å². The molecule has 0 saturated heterocycles. The molecule has 0 atom stereocenters. The Morgan fingerprint density at radius 1 is 0.172 bits per heavy atom. The predicted molar refractivity (Wildman–Crippen MR) is 255 cm³/mol. The van der Waals surface area contributed by atoms with E-state index in [1.54, 1.807) is 0 Å². The molecule has 0 saturated carbocycles. The normalized spacial score (nSPS) is 12.2. The lowest BCUT2D eigenvalue weighted by Crippen LogP contribution is -1.91. The maximum atomic E-state index is 2.40. The van der Waals surface area contributed by atoms with Crippen molar-refractivity contribution in [3.8, 4) is 0 Å². The van der Waals surface area contributed by atoms with Gasteiger partial charge in [0.1, 0.15) is 0 Å². The number of fused-ring (bicyclic) bond motifs is 11. The summed E-state index contributed by atoms with van der Waals surface area (Å²) in [5, 5.41) is 12.6. The fourth-order valence-electron chi connectivity index (χ4n) is 8.28. The molecule has 0 heteroatoms. The zero-order chi connectivity index (χ0) is 38.7. The minimum atomic E-state index is 1.17. The lowest BCUT2D eigenvalue weighted by atomic mass is 9.85. The second kappa shape index (κ2) is 15.5. The van der Waals surface area contributed by atoms with Crippen LogP contribution in [-0.4, -0.2) is 0 Å². The minimum absolute atomic E-state index is 1.17. The number of benzene rings is 10. The van der Waals surface area contributed by atoms with Crippen LogP contribution in [0.25, 0.3) is 102 Å². The van der Waals surface area contributed by atoms with E-state index in [4.69, 9.17) is 0 Å². The van der Waals surface area contributed by atoms with Crippen molar-refractivity contribution < 1.29 is 0 Å². The van der Waals surface area contributed by atoms with Crippen LogP contribution < -0.4 is 0 Å². The largest absolute Gasteiger partial charge is 0.0622 e. The van der Waals surface area contributed by atoms with E-state index < -0.39 is 0 Å². The third kappa shape index (κ3) is 7.05. The summed E-state index contributed by atoms with van der Waals surface area (Å²) in [6.45, 7) is 0. The molecule has 0 aromatic heterocycles. The topological polar surface area (TPSA) is 0 Å². The zero-order valence-corrected chi connectivity index (χ0v) is 32.1. The summed E-state index contributed by atoms with van der Waals surface area (Å²) in [6, 6.07) is 70.2. The molecule has 0 aliphatic rings. The van der Waals surface area contributed by atoms with Crippen molar-refractivity contribution in [1.29, 1.82) is 0 Å². The molecule has 0 fully saturated rings. The lowest BCUT2D eigenvalue weighted by molar-refractivity contribution is 1.66. The van der Waals surface area contributed by atoms with Gasteiger partial charge in [-0.2, -0.15) is 0 Å². The first-order valence-corrected chi connectivity index (χ1v) is 20.0. The summed E-state index contributed by atoms with van der Waals surface area (Å²) in [7, 11) is 0. The lowest BCUT2D eigenvalue weighted by Gasteiger charge is -2.18. The van der Waals surface area contributed by atoms with E-state index >= 15 is 0 Å². The maximum absolute atomic E-state index is 2.40. The summed E-state index contributed by atoms with van der Waals surface area (Å²) in [6.07, 6.45) is 17.8. The van der Waals surface area contributed by atoms with Gasteiger partial charge in [0.05, 0.1) is 0 Å². The molecule has 10 aromatic carbocycles. The first-order valence-electron chi connectivity index (χ1n) is 20.0. The van der Waals surface area contributed by atoms with Gasteiger partial charge in [-0.3, -0.25) is 0 Å². The van der Waals surface area contributed by atoms with E-state index in [-0.39, 0.29) is 0 Å². The molecule has 0 aliphatic carbocycles. The third-order valence-electron chi connectivity index (χ3n) is 11.2. The highest BCUT2D eigenvalue weighted by atomic mass is 14.2. The van der Waals surface area contributed by atoms with Crippen LogP contribution in [0.5, 0.6) is 0 Å². The predicted octanol–water partition coefficient (Wildman–Crippen LogP) is 16.1. The molecule has 0 nitrogen and oxygen atoms in total. The van der Waals surface area contributed by atoms with Gasteiger partial charge in [0, 0.05) is 0 Å². The molecule has 0 N–H and O–H groups in total. The molecule has 10 rings (SSSR count). The molecule has 0 amide bonds. The van der Waals surface area contributed by atoms with Gasteiger partial charge in [0.25, 0.3) is 0 Å². The first kappa shape index (κ1) is 34.9. The fraction of sp³-hybridized carbons (Fsp3) is 0. The van der Waals surface area contributed by atoms with Crippen LogP contribution >= 0.6 is 0 Å². The molecule has 58 heavy (non-hydrogen) atoms. The number of rotatable bonds is 8. The van der Waals surface area contributed by atoms with E-state index in [9.17, 15) is 0 Å². The fourth-order valence-corrected chi connectivity index (χ4v) is 8.28. The standard InChI is InChI=1S/C58H40/c1-5-13-41(14-6-1)21-25-45-29-33-49-50-34-30-47(27-23-43-17-9-3-10-18-43)39-55(50)58-56-40-48(28-24-44-19-11-4-12-20-44)32-36-52(56)51-35-31-46(26-22-42-15-7-2-8-16-42)38-54(51)57(58)53(49)37-45/h1-40H. The van der Waals surface area contributed by atoms with Crippen LogP contribution in [0.1, 0.15) is 44.5 Å². The Kier molecular flexibility index (Phi) is 9.35.